The number of nitro groups is 1. The van der Waals surface area contributed by atoms with Crippen molar-refractivity contribution < 1.29 is 23.3 Å². The van der Waals surface area contributed by atoms with Gasteiger partial charge in [0.25, 0.3) is 5.69 Å². The average Bonchev–Trinajstić information content (AvgIpc) is 3.27. The van der Waals surface area contributed by atoms with E-state index in [-0.39, 0.29) is 28.5 Å². The fraction of sp³-hybridized carbons (Fsp3) is 0.0909. The summed E-state index contributed by atoms with van der Waals surface area (Å²) < 4.78 is 16.8. The molecule has 0 unspecified atom stereocenters. The Morgan fingerprint density at radius 2 is 1.90 bits per heavy atom. The van der Waals surface area contributed by atoms with Crippen molar-refractivity contribution in [2.24, 2.45) is 0 Å². The first-order chi connectivity index (χ1) is 14.4. The molecule has 0 saturated heterocycles. The molecule has 2 aromatic heterocycles. The van der Waals surface area contributed by atoms with Crippen LogP contribution in [0.15, 0.2) is 74.5 Å². The van der Waals surface area contributed by atoms with Crippen LogP contribution < -0.4 is 10.2 Å². The van der Waals surface area contributed by atoms with Crippen LogP contribution in [0.2, 0.25) is 0 Å². The van der Waals surface area contributed by atoms with Gasteiger partial charge in [0.1, 0.15) is 5.58 Å². The van der Waals surface area contributed by atoms with Crippen molar-refractivity contribution in [3.8, 4) is 17.3 Å². The van der Waals surface area contributed by atoms with Gasteiger partial charge in [-0.3, -0.25) is 19.7 Å². The second-order valence-electron chi connectivity index (χ2n) is 6.58. The second-order valence-corrected chi connectivity index (χ2v) is 6.58. The summed E-state index contributed by atoms with van der Waals surface area (Å²) in [6.07, 6.45) is 1.43. The van der Waals surface area contributed by atoms with Gasteiger partial charge in [0, 0.05) is 17.7 Å². The normalized spacial score (nSPS) is 10.8. The molecule has 0 N–H and O–H groups in total. The zero-order valence-corrected chi connectivity index (χ0v) is 15.8. The molecule has 150 valence electrons. The molecule has 0 saturated carbocycles. The van der Waals surface area contributed by atoms with Gasteiger partial charge in [-0.1, -0.05) is 6.07 Å². The molecule has 2 heterocycles. The van der Waals surface area contributed by atoms with E-state index >= 15 is 0 Å². The predicted molar refractivity (Wildman–Crippen MR) is 108 cm³/mol. The number of rotatable bonds is 6. The minimum absolute atomic E-state index is 0.0830. The third kappa shape index (κ3) is 3.58. The van der Waals surface area contributed by atoms with Crippen molar-refractivity contribution >= 4 is 22.4 Å². The molecule has 4 rings (SSSR count). The first kappa shape index (κ1) is 19.1. The number of fused-ring (bicyclic) bond motifs is 1. The summed E-state index contributed by atoms with van der Waals surface area (Å²) in [5.74, 6) is -0.219. The Balaban J connectivity index is 1.69. The number of nitro benzene ring substituents is 1. The summed E-state index contributed by atoms with van der Waals surface area (Å²) in [5.41, 5.74) is 0.955. The van der Waals surface area contributed by atoms with Gasteiger partial charge >= 0.3 is 0 Å². The molecule has 0 radical (unpaired) electrons. The van der Waals surface area contributed by atoms with Crippen molar-refractivity contribution in [2.75, 3.05) is 6.61 Å². The molecule has 0 aliphatic carbocycles. The number of furan rings is 1. The van der Waals surface area contributed by atoms with Gasteiger partial charge in [-0.15, -0.1) is 0 Å². The zero-order valence-electron chi connectivity index (χ0n) is 15.8. The van der Waals surface area contributed by atoms with Crippen LogP contribution in [-0.2, 0) is 0 Å². The number of non-ortho nitro benzene ring substituents is 1. The Kier molecular flexibility index (Phi) is 4.89. The van der Waals surface area contributed by atoms with Gasteiger partial charge < -0.3 is 13.6 Å². The van der Waals surface area contributed by atoms with Crippen LogP contribution in [0.25, 0.3) is 22.5 Å². The van der Waals surface area contributed by atoms with Crippen LogP contribution in [0.5, 0.6) is 5.75 Å². The molecule has 8 heteroatoms. The predicted octanol–water partition coefficient (Wildman–Crippen LogP) is 4.53. The van der Waals surface area contributed by atoms with Crippen LogP contribution >= 0.6 is 0 Å². The lowest BCUT2D eigenvalue weighted by Crippen LogP contribution is -2.17. The first-order valence-corrected chi connectivity index (χ1v) is 8.96. The van der Waals surface area contributed by atoms with Gasteiger partial charge in [0.2, 0.25) is 16.9 Å². The molecule has 0 fully saturated rings. The number of aryl methyl sites for hydroxylation is 1. The highest BCUT2D eigenvalue weighted by atomic mass is 16.6. The number of Topliss-reactive ketones (excluding diaryl/α,β-unsaturated/α-hetero) is 1. The smallest absolute Gasteiger partial charge is 0.269 e. The van der Waals surface area contributed by atoms with E-state index in [1.165, 1.54) is 30.5 Å². The average molecular weight is 405 g/mol. The lowest BCUT2D eigenvalue weighted by Gasteiger charge is -2.10. The number of benzene rings is 2. The fourth-order valence-corrected chi connectivity index (χ4v) is 2.97. The quantitative estimate of drug-likeness (QED) is 0.263. The molecule has 4 aromatic rings. The van der Waals surface area contributed by atoms with Crippen molar-refractivity contribution in [3.05, 3.63) is 92.3 Å². The van der Waals surface area contributed by atoms with E-state index in [0.29, 0.717) is 11.0 Å². The van der Waals surface area contributed by atoms with E-state index in [1.54, 1.807) is 30.3 Å². The Morgan fingerprint density at radius 3 is 2.57 bits per heavy atom. The topological polar surface area (TPSA) is 113 Å². The number of ether oxygens (including phenoxy) is 1. The van der Waals surface area contributed by atoms with Crippen LogP contribution in [0.1, 0.15) is 15.9 Å². The first-order valence-electron chi connectivity index (χ1n) is 8.96. The number of ketones is 1. The van der Waals surface area contributed by atoms with E-state index in [1.807, 2.05) is 6.92 Å². The Morgan fingerprint density at radius 1 is 1.13 bits per heavy atom. The minimum atomic E-state index is -0.553. The third-order valence-corrected chi connectivity index (χ3v) is 4.50. The van der Waals surface area contributed by atoms with Crippen LogP contribution in [0.4, 0.5) is 5.69 Å². The maximum Gasteiger partial charge on any atom is 0.269 e. The molecular weight excluding hydrogens is 390 g/mol. The van der Waals surface area contributed by atoms with Crippen LogP contribution in [-0.4, -0.2) is 17.3 Å². The Bertz CT molecular complexity index is 1300. The highest BCUT2D eigenvalue weighted by molar-refractivity contribution is 5.97. The molecular formula is C22H15NO7. The lowest BCUT2D eigenvalue weighted by molar-refractivity contribution is -0.384. The number of nitrogens with zero attached hydrogens (tertiary/aromatic N) is 1. The summed E-state index contributed by atoms with van der Waals surface area (Å²) in [4.78, 5) is 35.7. The molecule has 8 nitrogen and oxygen atoms in total. The van der Waals surface area contributed by atoms with E-state index in [9.17, 15) is 19.7 Å². The SMILES string of the molecule is Cc1ccc2c(=O)c(OCC(=O)c3ccc([N+](=O)[O-])cc3)c(-c3ccco3)oc2c1. The van der Waals surface area contributed by atoms with Crippen molar-refractivity contribution in [3.63, 3.8) is 0 Å². The molecule has 0 bridgehead atoms. The Labute approximate surface area is 169 Å². The molecule has 0 spiro atoms. The Hall–Kier alpha value is -4.20. The molecule has 0 atom stereocenters. The monoisotopic (exact) mass is 405 g/mol. The van der Waals surface area contributed by atoms with Gasteiger partial charge in [0.05, 0.1) is 16.6 Å². The number of hydrogen-bond acceptors (Lipinski definition) is 7. The minimum Gasteiger partial charge on any atom is -0.478 e. The molecule has 0 aliphatic rings. The standard InChI is InChI=1S/C22H15NO7/c1-13-4-9-16-19(11-13)30-21(18-3-2-10-28-18)22(20(16)25)29-12-17(24)14-5-7-15(8-6-14)23(26)27/h2-11H,12H2,1H3. The molecule has 0 aliphatic heterocycles. The summed E-state index contributed by atoms with van der Waals surface area (Å²) in [6, 6.07) is 13.5. The van der Waals surface area contributed by atoms with Crippen molar-refractivity contribution in [1.82, 2.24) is 0 Å². The maximum absolute atomic E-state index is 13.0. The molecule has 30 heavy (non-hydrogen) atoms. The maximum atomic E-state index is 13.0. The number of hydrogen-bond donors (Lipinski definition) is 0. The highest BCUT2D eigenvalue weighted by Crippen LogP contribution is 2.31. The van der Waals surface area contributed by atoms with E-state index in [0.717, 1.165) is 5.56 Å². The second kappa shape index (κ2) is 7.67. The van der Waals surface area contributed by atoms with Crippen LogP contribution in [0.3, 0.4) is 0 Å². The van der Waals surface area contributed by atoms with E-state index in [4.69, 9.17) is 13.6 Å². The van der Waals surface area contributed by atoms with Gasteiger partial charge in [-0.2, -0.15) is 0 Å². The number of carbonyl (C=O) groups is 1. The number of carbonyl (C=O) groups excluding carboxylic acids is 1. The van der Waals surface area contributed by atoms with Crippen molar-refractivity contribution in [2.45, 2.75) is 6.92 Å². The van der Waals surface area contributed by atoms with E-state index < -0.39 is 22.7 Å². The summed E-state index contributed by atoms with van der Waals surface area (Å²) in [5, 5.41) is 11.1. The third-order valence-electron chi connectivity index (χ3n) is 4.50. The van der Waals surface area contributed by atoms with E-state index in [2.05, 4.69) is 0 Å². The largest absolute Gasteiger partial charge is 0.478 e. The molecule has 0 amide bonds. The summed E-state index contributed by atoms with van der Waals surface area (Å²) >= 11 is 0. The zero-order chi connectivity index (χ0) is 21.3. The highest BCUT2D eigenvalue weighted by Gasteiger charge is 2.21. The van der Waals surface area contributed by atoms with Gasteiger partial charge in [0.15, 0.2) is 18.2 Å². The molecule has 2 aromatic carbocycles. The van der Waals surface area contributed by atoms with Crippen molar-refractivity contribution in [1.29, 1.82) is 0 Å². The fourth-order valence-electron chi connectivity index (χ4n) is 2.97. The lowest BCUT2D eigenvalue weighted by atomic mass is 10.1. The summed E-state index contributed by atoms with van der Waals surface area (Å²) in [6.45, 7) is 1.42. The van der Waals surface area contributed by atoms with Gasteiger partial charge in [-0.25, -0.2) is 0 Å². The van der Waals surface area contributed by atoms with Gasteiger partial charge in [-0.05, 0) is 48.9 Å². The summed E-state index contributed by atoms with van der Waals surface area (Å²) in [7, 11) is 0. The van der Waals surface area contributed by atoms with Crippen LogP contribution in [0, 0.1) is 17.0 Å².